The highest BCUT2D eigenvalue weighted by Crippen LogP contribution is 2.17. The van der Waals surface area contributed by atoms with E-state index in [9.17, 15) is 0 Å². The molecule has 6 heteroatoms. The predicted molar refractivity (Wildman–Crippen MR) is 75.4 cm³/mol. The van der Waals surface area contributed by atoms with Crippen LogP contribution in [0.3, 0.4) is 0 Å². The summed E-state index contributed by atoms with van der Waals surface area (Å²) in [5.74, 6) is 0.592. The van der Waals surface area contributed by atoms with Crippen molar-refractivity contribution in [1.29, 1.82) is 0 Å². The first-order valence-corrected chi connectivity index (χ1v) is 6.36. The van der Waals surface area contributed by atoms with Crippen LogP contribution in [0.25, 0.3) is 5.69 Å². The van der Waals surface area contributed by atoms with Gasteiger partial charge in [0.1, 0.15) is 0 Å². The molecule has 1 unspecified atom stereocenters. The number of rotatable bonds is 4. The molecule has 0 amide bonds. The summed E-state index contributed by atoms with van der Waals surface area (Å²) < 4.78 is 1.67. The average Bonchev–Trinajstić information content (AvgIpc) is 2.97. The van der Waals surface area contributed by atoms with Gasteiger partial charge in [0.2, 0.25) is 5.95 Å². The summed E-state index contributed by atoms with van der Waals surface area (Å²) in [5, 5.41) is 15.0. The molecule has 1 aromatic carbocycles. The smallest absolute Gasteiger partial charge is 0.248 e. The molecule has 3 aromatic rings. The van der Waals surface area contributed by atoms with Crippen molar-refractivity contribution in [2.24, 2.45) is 0 Å². The second kappa shape index (κ2) is 5.48. The first kappa shape index (κ1) is 12.3. The molecular formula is C14H14N6. The Bertz CT molecular complexity index is 664. The van der Waals surface area contributed by atoms with E-state index in [2.05, 4.69) is 25.8 Å². The van der Waals surface area contributed by atoms with Crippen LogP contribution in [-0.4, -0.2) is 25.2 Å². The number of aromatic nitrogens is 5. The number of anilines is 1. The van der Waals surface area contributed by atoms with E-state index >= 15 is 0 Å². The minimum atomic E-state index is 0.0182. The Morgan fingerprint density at radius 3 is 2.60 bits per heavy atom. The van der Waals surface area contributed by atoms with Crippen molar-refractivity contribution < 1.29 is 0 Å². The second-order valence-electron chi connectivity index (χ2n) is 4.37. The maximum atomic E-state index is 4.32. The lowest BCUT2D eigenvalue weighted by Gasteiger charge is -2.13. The monoisotopic (exact) mass is 266 g/mol. The van der Waals surface area contributed by atoms with Crippen LogP contribution in [0, 0.1) is 0 Å². The van der Waals surface area contributed by atoms with Crippen LogP contribution in [0.5, 0.6) is 0 Å². The standard InChI is InChI=1S/C14H14N6/c1-11(13-9-5-6-10-15-13)16-14-17-18-19-20(14)12-7-3-2-4-8-12/h2-11H,1H3,(H,16,17,19). The van der Waals surface area contributed by atoms with E-state index in [-0.39, 0.29) is 6.04 Å². The average molecular weight is 266 g/mol. The van der Waals surface area contributed by atoms with E-state index in [1.165, 1.54) is 0 Å². The Hall–Kier alpha value is -2.76. The predicted octanol–water partition coefficient (Wildman–Crippen LogP) is 2.23. The molecule has 0 fully saturated rings. The highest BCUT2D eigenvalue weighted by atomic mass is 15.6. The van der Waals surface area contributed by atoms with E-state index < -0.39 is 0 Å². The Morgan fingerprint density at radius 1 is 1.05 bits per heavy atom. The van der Waals surface area contributed by atoms with E-state index in [4.69, 9.17) is 0 Å². The molecule has 0 radical (unpaired) electrons. The molecule has 2 heterocycles. The molecule has 3 rings (SSSR count). The van der Waals surface area contributed by atoms with Crippen molar-refractivity contribution in [3.05, 3.63) is 60.4 Å². The van der Waals surface area contributed by atoms with Gasteiger partial charge in [-0.05, 0) is 41.6 Å². The Kier molecular flexibility index (Phi) is 3.36. The maximum absolute atomic E-state index is 4.32. The van der Waals surface area contributed by atoms with Gasteiger partial charge in [-0.25, -0.2) is 0 Å². The first-order valence-electron chi connectivity index (χ1n) is 6.36. The quantitative estimate of drug-likeness (QED) is 0.784. The Balaban J connectivity index is 1.84. The largest absolute Gasteiger partial charge is 0.345 e. The van der Waals surface area contributed by atoms with Crippen LogP contribution in [0.15, 0.2) is 54.7 Å². The molecule has 0 saturated carbocycles. The van der Waals surface area contributed by atoms with Gasteiger partial charge >= 0.3 is 0 Å². The second-order valence-corrected chi connectivity index (χ2v) is 4.37. The Morgan fingerprint density at radius 2 is 1.85 bits per heavy atom. The van der Waals surface area contributed by atoms with Crippen LogP contribution in [0.1, 0.15) is 18.7 Å². The summed E-state index contributed by atoms with van der Waals surface area (Å²) >= 11 is 0. The van der Waals surface area contributed by atoms with Gasteiger partial charge in [0.15, 0.2) is 0 Å². The number of hydrogen-bond acceptors (Lipinski definition) is 5. The third kappa shape index (κ3) is 2.49. The zero-order chi connectivity index (χ0) is 13.8. The molecule has 0 aliphatic rings. The summed E-state index contributed by atoms with van der Waals surface area (Å²) in [6.07, 6.45) is 1.77. The van der Waals surface area contributed by atoms with Gasteiger partial charge < -0.3 is 5.32 Å². The maximum Gasteiger partial charge on any atom is 0.248 e. The summed E-state index contributed by atoms with van der Waals surface area (Å²) in [6, 6.07) is 15.6. The van der Waals surface area contributed by atoms with Crippen LogP contribution in [-0.2, 0) is 0 Å². The van der Waals surface area contributed by atoms with Crippen molar-refractivity contribution in [3.8, 4) is 5.69 Å². The molecule has 1 N–H and O–H groups in total. The molecule has 0 saturated heterocycles. The zero-order valence-electron chi connectivity index (χ0n) is 11.0. The molecule has 1 atom stereocenters. The summed E-state index contributed by atoms with van der Waals surface area (Å²) in [7, 11) is 0. The van der Waals surface area contributed by atoms with Gasteiger partial charge in [0.25, 0.3) is 0 Å². The number of nitrogens with one attached hydrogen (secondary N) is 1. The molecular weight excluding hydrogens is 252 g/mol. The van der Waals surface area contributed by atoms with Gasteiger partial charge in [-0.3, -0.25) is 4.98 Å². The molecule has 0 bridgehead atoms. The fourth-order valence-electron chi connectivity index (χ4n) is 1.92. The summed E-state index contributed by atoms with van der Waals surface area (Å²) in [5.41, 5.74) is 1.85. The van der Waals surface area contributed by atoms with E-state index in [1.807, 2.05) is 55.5 Å². The van der Waals surface area contributed by atoms with Gasteiger partial charge in [0.05, 0.1) is 17.4 Å². The molecule has 0 spiro atoms. The van der Waals surface area contributed by atoms with Gasteiger partial charge in [-0.2, -0.15) is 4.68 Å². The number of tetrazole rings is 1. The summed E-state index contributed by atoms with van der Waals surface area (Å²) in [4.78, 5) is 4.32. The van der Waals surface area contributed by atoms with Crippen LogP contribution < -0.4 is 5.32 Å². The van der Waals surface area contributed by atoms with E-state index in [1.54, 1.807) is 10.9 Å². The first-order chi connectivity index (χ1) is 9.84. The topological polar surface area (TPSA) is 68.5 Å². The van der Waals surface area contributed by atoms with Crippen LogP contribution in [0.4, 0.5) is 5.95 Å². The SMILES string of the molecule is CC(Nc1nnnn1-c1ccccc1)c1ccccn1. The van der Waals surface area contributed by atoms with Crippen molar-refractivity contribution >= 4 is 5.95 Å². The van der Waals surface area contributed by atoms with Gasteiger partial charge in [0, 0.05) is 6.20 Å². The lowest BCUT2D eigenvalue weighted by Crippen LogP contribution is -2.12. The lowest BCUT2D eigenvalue weighted by atomic mass is 10.2. The van der Waals surface area contributed by atoms with Crippen molar-refractivity contribution in [2.75, 3.05) is 5.32 Å². The van der Waals surface area contributed by atoms with Crippen molar-refractivity contribution in [3.63, 3.8) is 0 Å². The third-order valence-corrected chi connectivity index (χ3v) is 2.95. The molecule has 0 aliphatic carbocycles. The number of pyridine rings is 1. The minimum absolute atomic E-state index is 0.0182. The van der Waals surface area contributed by atoms with E-state index in [0.717, 1.165) is 11.4 Å². The van der Waals surface area contributed by atoms with Crippen molar-refractivity contribution in [2.45, 2.75) is 13.0 Å². The molecule has 20 heavy (non-hydrogen) atoms. The molecule has 6 nitrogen and oxygen atoms in total. The minimum Gasteiger partial charge on any atom is -0.345 e. The van der Waals surface area contributed by atoms with Gasteiger partial charge in [-0.1, -0.05) is 29.4 Å². The number of para-hydroxylation sites is 1. The highest BCUT2D eigenvalue weighted by molar-refractivity contribution is 5.39. The Labute approximate surface area is 116 Å². The fraction of sp³-hybridized carbons (Fsp3) is 0.143. The van der Waals surface area contributed by atoms with Crippen LogP contribution in [0.2, 0.25) is 0 Å². The normalized spacial score (nSPS) is 12.1. The number of hydrogen-bond donors (Lipinski definition) is 1. The molecule has 2 aromatic heterocycles. The lowest BCUT2D eigenvalue weighted by molar-refractivity contribution is 0.774. The summed E-state index contributed by atoms with van der Waals surface area (Å²) in [6.45, 7) is 2.02. The number of benzene rings is 1. The zero-order valence-corrected chi connectivity index (χ0v) is 11.0. The number of nitrogens with zero attached hydrogens (tertiary/aromatic N) is 5. The van der Waals surface area contributed by atoms with Gasteiger partial charge in [-0.15, -0.1) is 0 Å². The third-order valence-electron chi connectivity index (χ3n) is 2.95. The fourth-order valence-corrected chi connectivity index (χ4v) is 1.92. The molecule has 100 valence electrons. The van der Waals surface area contributed by atoms with E-state index in [0.29, 0.717) is 5.95 Å². The van der Waals surface area contributed by atoms with Crippen molar-refractivity contribution in [1.82, 2.24) is 25.2 Å². The van der Waals surface area contributed by atoms with Crippen LogP contribution >= 0.6 is 0 Å². The molecule has 0 aliphatic heterocycles. The highest BCUT2D eigenvalue weighted by Gasteiger charge is 2.12.